The van der Waals surface area contributed by atoms with Crippen molar-refractivity contribution in [3.63, 3.8) is 0 Å². The number of halogens is 1. The van der Waals surface area contributed by atoms with Crippen molar-refractivity contribution in [2.24, 2.45) is 5.92 Å². The monoisotopic (exact) mass is 323 g/mol. The largest absolute Gasteiger partial charge is 0.338 e. The summed E-state index contributed by atoms with van der Waals surface area (Å²) >= 11 is 3.53. The summed E-state index contributed by atoms with van der Waals surface area (Å²) in [5, 5.41) is 0.989. The quantitative estimate of drug-likeness (QED) is 0.768. The number of hydrogen-bond acceptors (Lipinski definition) is 1. The highest BCUT2D eigenvalue weighted by Gasteiger charge is 2.23. The van der Waals surface area contributed by atoms with Crippen molar-refractivity contribution in [2.75, 3.05) is 18.4 Å². The fourth-order valence-electron chi connectivity index (χ4n) is 2.57. The van der Waals surface area contributed by atoms with Crippen LogP contribution in [0.2, 0.25) is 0 Å². The molecule has 1 aromatic carbocycles. The average molecular weight is 324 g/mol. The molecule has 0 saturated carbocycles. The van der Waals surface area contributed by atoms with Gasteiger partial charge in [0, 0.05) is 24.0 Å². The topological polar surface area (TPSA) is 20.3 Å². The van der Waals surface area contributed by atoms with Gasteiger partial charge < -0.3 is 4.90 Å². The number of nitrogens with zero attached hydrogens (tertiary/aromatic N) is 1. The number of rotatable bonds is 3. The van der Waals surface area contributed by atoms with Gasteiger partial charge in [0.15, 0.2) is 0 Å². The van der Waals surface area contributed by atoms with E-state index in [1.54, 1.807) is 0 Å². The van der Waals surface area contributed by atoms with Crippen molar-refractivity contribution >= 4 is 21.8 Å². The van der Waals surface area contributed by atoms with Crippen LogP contribution in [-0.2, 0) is 0 Å². The molecule has 1 aromatic rings. The van der Waals surface area contributed by atoms with Crippen molar-refractivity contribution in [3.05, 3.63) is 35.4 Å². The average Bonchev–Trinajstić information content (AvgIpc) is 2.46. The Hall–Kier alpha value is -0.830. The molecule has 3 heteroatoms. The highest BCUT2D eigenvalue weighted by atomic mass is 79.9. The molecule has 1 atom stereocenters. The lowest BCUT2D eigenvalue weighted by Crippen LogP contribution is -2.40. The molecule has 1 unspecified atom stereocenters. The van der Waals surface area contributed by atoms with E-state index in [9.17, 15) is 4.79 Å². The summed E-state index contributed by atoms with van der Waals surface area (Å²) in [4.78, 5) is 14.5. The second-order valence-corrected chi connectivity index (χ2v) is 6.34. The third-order valence-corrected chi connectivity index (χ3v) is 4.76. The molecule has 0 aromatic heterocycles. The van der Waals surface area contributed by atoms with Crippen LogP contribution in [-0.4, -0.2) is 29.2 Å². The number of alkyl halides is 1. The Morgan fingerprint density at radius 1 is 1.37 bits per heavy atom. The lowest BCUT2D eigenvalue weighted by Gasteiger charge is -2.32. The standard InChI is InChI=1S/C16H22BrNO/c1-12(2)14-5-7-15(8-6-14)16(19)18-9-3-4-13(10-17)11-18/h5-8,12-13H,3-4,9-11H2,1-2H3. The van der Waals surface area contributed by atoms with Gasteiger partial charge in [-0.25, -0.2) is 0 Å². The van der Waals surface area contributed by atoms with Crippen LogP contribution in [0.25, 0.3) is 0 Å². The fraction of sp³-hybridized carbons (Fsp3) is 0.562. The van der Waals surface area contributed by atoms with E-state index in [1.807, 2.05) is 17.0 Å². The van der Waals surface area contributed by atoms with Gasteiger partial charge in [0.25, 0.3) is 5.91 Å². The van der Waals surface area contributed by atoms with Gasteiger partial charge in [-0.15, -0.1) is 0 Å². The first-order valence-corrected chi connectivity index (χ1v) is 8.19. The predicted octanol–water partition coefficient (Wildman–Crippen LogP) is 4.06. The van der Waals surface area contributed by atoms with Crippen molar-refractivity contribution in [3.8, 4) is 0 Å². The molecule has 1 fully saturated rings. The van der Waals surface area contributed by atoms with Gasteiger partial charge >= 0.3 is 0 Å². The molecule has 19 heavy (non-hydrogen) atoms. The van der Waals surface area contributed by atoms with Gasteiger partial charge in [0.2, 0.25) is 0 Å². The summed E-state index contributed by atoms with van der Waals surface area (Å²) in [6, 6.07) is 8.08. The molecule has 1 aliphatic heterocycles. The number of piperidine rings is 1. The van der Waals surface area contributed by atoms with Crippen LogP contribution >= 0.6 is 15.9 Å². The maximum atomic E-state index is 12.5. The van der Waals surface area contributed by atoms with E-state index in [0.29, 0.717) is 11.8 Å². The number of amides is 1. The summed E-state index contributed by atoms with van der Waals surface area (Å²) in [7, 11) is 0. The van der Waals surface area contributed by atoms with Crippen LogP contribution in [0.4, 0.5) is 0 Å². The zero-order chi connectivity index (χ0) is 13.8. The van der Waals surface area contributed by atoms with Crippen LogP contribution in [0, 0.1) is 5.92 Å². The Labute approximate surface area is 124 Å². The Morgan fingerprint density at radius 3 is 2.63 bits per heavy atom. The Morgan fingerprint density at radius 2 is 2.05 bits per heavy atom. The third-order valence-electron chi connectivity index (χ3n) is 3.85. The molecule has 2 nitrogen and oxygen atoms in total. The van der Waals surface area contributed by atoms with E-state index in [2.05, 4.69) is 41.9 Å². The first-order chi connectivity index (χ1) is 9.11. The summed E-state index contributed by atoms with van der Waals surface area (Å²) < 4.78 is 0. The van der Waals surface area contributed by atoms with Gasteiger partial charge in [0.1, 0.15) is 0 Å². The molecule has 2 rings (SSSR count). The van der Waals surface area contributed by atoms with E-state index >= 15 is 0 Å². The Balaban J connectivity index is 2.06. The van der Waals surface area contributed by atoms with E-state index < -0.39 is 0 Å². The molecule has 1 saturated heterocycles. The van der Waals surface area contributed by atoms with Crippen molar-refractivity contribution in [2.45, 2.75) is 32.6 Å². The minimum atomic E-state index is 0.181. The van der Waals surface area contributed by atoms with E-state index in [0.717, 1.165) is 30.4 Å². The second kappa shape index (κ2) is 6.56. The van der Waals surface area contributed by atoms with Crippen LogP contribution < -0.4 is 0 Å². The molecular formula is C16H22BrNO. The van der Waals surface area contributed by atoms with Crippen LogP contribution in [0.1, 0.15) is 48.5 Å². The van der Waals surface area contributed by atoms with Crippen LogP contribution in [0.15, 0.2) is 24.3 Å². The molecule has 104 valence electrons. The Bertz CT molecular complexity index is 427. The predicted molar refractivity (Wildman–Crippen MR) is 83.0 cm³/mol. The molecular weight excluding hydrogens is 302 g/mol. The zero-order valence-corrected chi connectivity index (χ0v) is 13.3. The minimum absolute atomic E-state index is 0.181. The first kappa shape index (κ1) is 14.6. The van der Waals surface area contributed by atoms with Crippen molar-refractivity contribution < 1.29 is 4.79 Å². The maximum absolute atomic E-state index is 12.5. The summed E-state index contributed by atoms with van der Waals surface area (Å²) in [5.41, 5.74) is 2.10. The van der Waals surface area contributed by atoms with Crippen LogP contribution in [0.3, 0.4) is 0 Å². The molecule has 0 spiro atoms. The van der Waals surface area contributed by atoms with Gasteiger partial charge in [-0.1, -0.05) is 41.9 Å². The molecule has 0 radical (unpaired) electrons. The lowest BCUT2D eigenvalue weighted by atomic mass is 9.98. The number of hydrogen-bond donors (Lipinski definition) is 0. The molecule has 0 aliphatic carbocycles. The molecule has 1 heterocycles. The van der Waals surface area contributed by atoms with E-state index in [4.69, 9.17) is 0 Å². The minimum Gasteiger partial charge on any atom is -0.338 e. The highest BCUT2D eigenvalue weighted by Crippen LogP contribution is 2.21. The van der Waals surface area contributed by atoms with Gasteiger partial charge in [-0.2, -0.15) is 0 Å². The number of likely N-dealkylation sites (tertiary alicyclic amines) is 1. The van der Waals surface area contributed by atoms with Gasteiger partial charge in [-0.3, -0.25) is 4.79 Å². The highest BCUT2D eigenvalue weighted by molar-refractivity contribution is 9.09. The number of carbonyl (C=O) groups is 1. The van der Waals surface area contributed by atoms with Crippen molar-refractivity contribution in [1.29, 1.82) is 0 Å². The number of benzene rings is 1. The van der Waals surface area contributed by atoms with E-state index in [-0.39, 0.29) is 5.91 Å². The number of carbonyl (C=O) groups excluding carboxylic acids is 1. The van der Waals surface area contributed by atoms with Crippen molar-refractivity contribution in [1.82, 2.24) is 4.90 Å². The smallest absolute Gasteiger partial charge is 0.253 e. The fourth-order valence-corrected chi connectivity index (χ4v) is 3.10. The lowest BCUT2D eigenvalue weighted by molar-refractivity contribution is 0.0686. The summed E-state index contributed by atoms with van der Waals surface area (Å²) in [6.45, 7) is 6.12. The first-order valence-electron chi connectivity index (χ1n) is 7.07. The Kier molecular flexibility index (Phi) is 5.03. The molecule has 1 aliphatic rings. The van der Waals surface area contributed by atoms with Gasteiger partial charge in [-0.05, 0) is 42.4 Å². The molecule has 1 amide bonds. The normalized spacial score (nSPS) is 19.8. The summed E-state index contributed by atoms with van der Waals surface area (Å²) in [6.07, 6.45) is 2.34. The molecule has 0 bridgehead atoms. The summed E-state index contributed by atoms with van der Waals surface area (Å²) in [5.74, 6) is 1.30. The maximum Gasteiger partial charge on any atom is 0.253 e. The second-order valence-electron chi connectivity index (χ2n) is 5.69. The molecule has 0 N–H and O–H groups in total. The zero-order valence-electron chi connectivity index (χ0n) is 11.7. The SMILES string of the molecule is CC(C)c1ccc(C(=O)N2CCCC(CBr)C2)cc1. The third kappa shape index (κ3) is 3.59. The van der Waals surface area contributed by atoms with Crippen LogP contribution in [0.5, 0.6) is 0 Å². The van der Waals surface area contributed by atoms with E-state index in [1.165, 1.54) is 12.0 Å². The van der Waals surface area contributed by atoms with Gasteiger partial charge in [0.05, 0.1) is 0 Å².